The molecule has 1 aromatic rings. The van der Waals surface area contributed by atoms with Gasteiger partial charge in [-0.25, -0.2) is 0 Å². The molecule has 0 saturated carbocycles. The molecule has 1 rings (SSSR count). The van der Waals surface area contributed by atoms with Crippen LogP contribution in [0.3, 0.4) is 0 Å². The number of likely N-dealkylation sites (N-methyl/N-ethyl adjacent to an activating group) is 1. The SMILES string of the molecule is CN(CCCl)C[C@H](Cl)c1ccc(Cl)cc1. The molecule has 0 aliphatic carbocycles. The molecule has 0 unspecified atom stereocenters. The first-order valence-corrected chi connectivity index (χ1v) is 6.12. The van der Waals surface area contributed by atoms with E-state index in [1.807, 2.05) is 31.3 Å². The minimum Gasteiger partial charge on any atom is -0.303 e. The van der Waals surface area contributed by atoms with Crippen molar-refractivity contribution >= 4 is 34.8 Å². The molecule has 0 fully saturated rings. The second-order valence-electron chi connectivity index (χ2n) is 3.47. The maximum Gasteiger partial charge on any atom is 0.0712 e. The van der Waals surface area contributed by atoms with Gasteiger partial charge in [-0.3, -0.25) is 0 Å². The molecule has 0 aliphatic heterocycles. The highest BCUT2D eigenvalue weighted by Gasteiger charge is 2.10. The summed E-state index contributed by atoms with van der Waals surface area (Å²) in [6.45, 7) is 1.63. The van der Waals surface area contributed by atoms with Gasteiger partial charge in [0, 0.05) is 24.0 Å². The number of benzene rings is 1. The van der Waals surface area contributed by atoms with Crippen LogP contribution in [0.25, 0.3) is 0 Å². The van der Waals surface area contributed by atoms with Crippen molar-refractivity contribution in [2.45, 2.75) is 5.38 Å². The molecule has 15 heavy (non-hydrogen) atoms. The zero-order valence-corrected chi connectivity index (χ0v) is 10.9. The predicted molar refractivity (Wildman–Crippen MR) is 68.3 cm³/mol. The molecule has 0 heterocycles. The number of rotatable bonds is 5. The Morgan fingerprint density at radius 3 is 2.40 bits per heavy atom. The number of halogens is 3. The van der Waals surface area contributed by atoms with Crippen LogP contribution in [-0.2, 0) is 0 Å². The summed E-state index contributed by atoms with van der Waals surface area (Å²) in [7, 11) is 2.01. The van der Waals surface area contributed by atoms with Gasteiger partial charge in [-0.05, 0) is 24.7 Å². The summed E-state index contributed by atoms with van der Waals surface area (Å²) in [6.07, 6.45) is 0. The van der Waals surface area contributed by atoms with Crippen LogP contribution in [0.2, 0.25) is 5.02 Å². The molecule has 1 aromatic carbocycles. The minimum absolute atomic E-state index is 0.0181. The van der Waals surface area contributed by atoms with Crippen LogP contribution in [0.4, 0.5) is 0 Å². The van der Waals surface area contributed by atoms with Gasteiger partial charge < -0.3 is 4.90 Å². The summed E-state index contributed by atoms with van der Waals surface area (Å²) in [5.41, 5.74) is 1.09. The lowest BCUT2D eigenvalue weighted by Crippen LogP contribution is -2.24. The van der Waals surface area contributed by atoms with E-state index in [0.29, 0.717) is 5.88 Å². The highest BCUT2D eigenvalue weighted by Crippen LogP contribution is 2.22. The van der Waals surface area contributed by atoms with Crippen LogP contribution in [-0.4, -0.2) is 30.9 Å². The maximum absolute atomic E-state index is 6.26. The Hall–Kier alpha value is 0.0500. The topological polar surface area (TPSA) is 3.24 Å². The molecule has 0 amide bonds. The van der Waals surface area contributed by atoms with Crippen molar-refractivity contribution in [2.24, 2.45) is 0 Å². The van der Waals surface area contributed by atoms with Gasteiger partial charge in [0.1, 0.15) is 0 Å². The first-order valence-electron chi connectivity index (χ1n) is 4.77. The molecule has 0 radical (unpaired) electrons. The second kappa shape index (κ2) is 6.59. The van der Waals surface area contributed by atoms with Crippen molar-refractivity contribution in [3.63, 3.8) is 0 Å². The van der Waals surface area contributed by atoms with Gasteiger partial charge in [0.25, 0.3) is 0 Å². The van der Waals surface area contributed by atoms with E-state index >= 15 is 0 Å². The maximum atomic E-state index is 6.26. The monoisotopic (exact) mass is 265 g/mol. The molecule has 84 valence electrons. The largest absolute Gasteiger partial charge is 0.303 e. The highest BCUT2D eigenvalue weighted by atomic mass is 35.5. The number of hydrogen-bond donors (Lipinski definition) is 0. The molecule has 0 bridgehead atoms. The van der Waals surface area contributed by atoms with E-state index in [4.69, 9.17) is 34.8 Å². The number of alkyl halides is 2. The fraction of sp³-hybridized carbons (Fsp3) is 0.455. The Labute approximate surface area is 106 Å². The number of hydrogen-bond acceptors (Lipinski definition) is 1. The van der Waals surface area contributed by atoms with Crippen LogP contribution in [0, 0.1) is 0 Å². The van der Waals surface area contributed by atoms with Gasteiger partial charge >= 0.3 is 0 Å². The van der Waals surface area contributed by atoms with E-state index in [1.54, 1.807) is 0 Å². The predicted octanol–water partition coefficient (Wildman–Crippen LogP) is 3.79. The molecule has 0 saturated heterocycles. The van der Waals surface area contributed by atoms with Crippen molar-refractivity contribution in [2.75, 3.05) is 26.0 Å². The highest BCUT2D eigenvalue weighted by molar-refractivity contribution is 6.30. The zero-order valence-electron chi connectivity index (χ0n) is 8.59. The van der Waals surface area contributed by atoms with E-state index < -0.39 is 0 Å². The van der Waals surface area contributed by atoms with Crippen LogP contribution in [0.15, 0.2) is 24.3 Å². The van der Waals surface area contributed by atoms with E-state index in [-0.39, 0.29) is 5.38 Å². The first kappa shape index (κ1) is 13.1. The molecular formula is C11H14Cl3N. The summed E-state index contributed by atoms with van der Waals surface area (Å²) in [5, 5.41) is 0.715. The Morgan fingerprint density at radius 2 is 1.87 bits per heavy atom. The third kappa shape index (κ3) is 4.60. The third-order valence-corrected chi connectivity index (χ3v) is 2.98. The van der Waals surface area contributed by atoms with E-state index in [1.165, 1.54) is 0 Å². The average Bonchev–Trinajstić information content (AvgIpc) is 2.18. The fourth-order valence-electron chi connectivity index (χ4n) is 1.29. The van der Waals surface area contributed by atoms with Crippen LogP contribution < -0.4 is 0 Å². The van der Waals surface area contributed by atoms with Gasteiger partial charge in [0.15, 0.2) is 0 Å². The van der Waals surface area contributed by atoms with E-state index in [9.17, 15) is 0 Å². The molecule has 0 aromatic heterocycles. The van der Waals surface area contributed by atoms with Gasteiger partial charge in [-0.2, -0.15) is 0 Å². The number of nitrogens with zero attached hydrogens (tertiary/aromatic N) is 1. The minimum atomic E-state index is -0.0181. The zero-order chi connectivity index (χ0) is 11.3. The Morgan fingerprint density at radius 1 is 1.27 bits per heavy atom. The molecular weight excluding hydrogens is 252 g/mol. The van der Waals surface area contributed by atoms with Gasteiger partial charge in [0.05, 0.1) is 5.38 Å². The quantitative estimate of drug-likeness (QED) is 0.733. The Balaban J connectivity index is 2.53. The standard InChI is InChI=1S/C11H14Cl3N/c1-15(7-6-12)8-11(14)9-2-4-10(13)5-3-9/h2-5,11H,6-8H2,1H3/t11-/m0/s1. The van der Waals surface area contributed by atoms with Crippen molar-refractivity contribution < 1.29 is 0 Å². The summed E-state index contributed by atoms with van der Waals surface area (Å²) < 4.78 is 0. The second-order valence-corrected chi connectivity index (χ2v) is 4.81. The van der Waals surface area contributed by atoms with Crippen molar-refractivity contribution in [3.8, 4) is 0 Å². The third-order valence-electron chi connectivity index (χ3n) is 2.17. The van der Waals surface area contributed by atoms with Gasteiger partial charge in [-0.15, -0.1) is 23.2 Å². The molecule has 1 atom stereocenters. The molecule has 0 spiro atoms. The van der Waals surface area contributed by atoms with Crippen molar-refractivity contribution in [1.82, 2.24) is 4.90 Å². The fourth-order valence-corrected chi connectivity index (χ4v) is 2.08. The molecule has 0 N–H and O–H groups in total. The van der Waals surface area contributed by atoms with E-state index in [2.05, 4.69) is 4.90 Å². The summed E-state index contributed by atoms with van der Waals surface area (Å²) in [6, 6.07) is 7.62. The molecule has 0 aliphatic rings. The Bertz CT molecular complexity index is 286. The Kier molecular flexibility index (Phi) is 5.77. The lowest BCUT2D eigenvalue weighted by Gasteiger charge is -2.19. The molecule has 1 nitrogen and oxygen atoms in total. The van der Waals surface area contributed by atoms with Crippen LogP contribution >= 0.6 is 34.8 Å². The lowest BCUT2D eigenvalue weighted by atomic mass is 10.1. The normalized spacial score (nSPS) is 13.1. The summed E-state index contributed by atoms with van der Waals surface area (Å²) >= 11 is 17.7. The first-order chi connectivity index (χ1) is 7.13. The van der Waals surface area contributed by atoms with Gasteiger partial charge in [0.2, 0.25) is 0 Å². The average molecular weight is 267 g/mol. The van der Waals surface area contributed by atoms with Gasteiger partial charge in [-0.1, -0.05) is 23.7 Å². The van der Waals surface area contributed by atoms with Crippen LogP contribution in [0.1, 0.15) is 10.9 Å². The van der Waals surface area contributed by atoms with Crippen LogP contribution in [0.5, 0.6) is 0 Å². The smallest absolute Gasteiger partial charge is 0.0712 e. The summed E-state index contributed by atoms with van der Waals surface area (Å²) in [4.78, 5) is 2.11. The lowest BCUT2D eigenvalue weighted by molar-refractivity contribution is 0.355. The van der Waals surface area contributed by atoms with E-state index in [0.717, 1.165) is 23.7 Å². The van der Waals surface area contributed by atoms with Crippen molar-refractivity contribution in [3.05, 3.63) is 34.9 Å². The van der Waals surface area contributed by atoms with Crippen molar-refractivity contribution in [1.29, 1.82) is 0 Å². The molecule has 4 heteroatoms. The summed E-state index contributed by atoms with van der Waals surface area (Å²) in [5.74, 6) is 0.626.